The highest BCUT2D eigenvalue weighted by Crippen LogP contribution is 2.24. The summed E-state index contributed by atoms with van der Waals surface area (Å²) in [6.07, 6.45) is 1.53. The average molecular weight is 467 g/mol. The fraction of sp³-hybridized carbons (Fsp3) is 0.208. The molecule has 9 heteroatoms. The first kappa shape index (κ1) is 24.1. The number of rotatable bonds is 8. The second-order valence-electron chi connectivity index (χ2n) is 7.27. The Morgan fingerprint density at radius 2 is 1.52 bits per heavy atom. The van der Waals surface area contributed by atoms with Crippen molar-refractivity contribution >= 4 is 33.2 Å². The zero-order chi connectivity index (χ0) is 24.0. The van der Waals surface area contributed by atoms with Crippen molar-refractivity contribution in [3.63, 3.8) is 0 Å². The van der Waals surface area contributed by atoms with E-state index in [0.717, 1.165) is 0 Å². The summed E-state index contributed by atoms with van der Waals surface area (Å²) in [7, 11) is -3.66. The van der Waals surface area contributed by atoms with Crippen LogP contribution in [-0.2, 0) is 10.0 Å². The number of nitrogens with zero attached hydrogens (tertiary/aromatic N) is 2. The van der Waals surface area contributed by atoms with E-state index in [9.17, 15) is 18.0 Å². The maximum Gasteiger partial charge on any atom is 0.274 e. The summed E-state index contributed by atoms with van der Waals surface area (Å²) in [4.78, 5) is 29.1. The Bertz CT molecular complexity index is 1240. The van der Waals surface area contributed by atoms with Gasteiger partial charge in [-0.2, -0.15) is 4.31 Å². The number of benzene rings is 2. The standard InChI is InChI=1S/C24H26N4O4S/c1-4-28(5-2)33(31,32)22-16-20(12-9-17(22)3)27-23(29)18-10-13-19(14-11-18)26-24(30)21-8-6-7-15-25-21/h6-16H,4-5H2,1-3H3,(H,26,30)(H,27,29). The van der Waals surface area contributed by atoms with Gasteiger partial charge < -0.3 is 10.6 Å². The molecular weight excluding hydrogens is 440 g/mol. The molecule has 3 aromatic rings. The van der Waals surface area contributed by atoms with Gasteiger partial charge in [0, 0.05) is 36.2 Å². The first-order chi connectivity index (χ1) is 15.8. The third-order valence-electron chi connectivity index (χ3n) is 5.07. The molecule has 0 aliphatic rings. The number of carbonyl (C=O) groups is 2. The molecule has 172 valence electrons. The first-order valence-electron chi connectivity index (χ1n) is 10.5. The predicted molar refractivity (Wildman–Crippen MR) is 128 cm³/mol. The van der Waals surface area contributed by atoms with Crippen molar-refractivity contribution in [1.82, 2.24) is 9.29 Å². The van der Waals surface area contributed by atoms with Gasteiger partial charge >= 0.3 is 0 Å². The van der Waals surface area contributed by atoms with Crippen LogP contribution in [0.5, 0.6) is 0 Å². The van der Waals surface area contributed by atoms with Gasteiger partial charge in [0.1, 0.15) is 5.69 Å². The van der Waals surface area contributed by atoms with Gasteiger partial charge in [0.25, 0.3) is 11.8 Å². The van der Waals surface area contributed by atoms with Crippen molar-refractivity contribution in [2.75, 3.05) is 23.7 Å². The third kappa shape index (κ3) is 5.63. The number of carbonyl (C=O) groups excluding carboxylic acids is 2. The topological polar surface area (TPSA) is 108 Å². The Labute approximate surface area is 193 Å². The molecule has 0 atom stereocenters. The molecule has 3 rings (SSSR count). The number of anilines is 2. The molecular formula is C24H26N4O4S. The number of hydrogen-bond acceptors (Lipinski definition) is 5. The Morgan fingerprint density at radius 3 is 2.12 bits per heavy atom. The van der Waals surface area contributed by atoms with Crippen molar-refractivity contribution in [3.05, 3.63) is 83.7 Å². The van der Waals surface area contributed by atoms with Crippen LogP contribution in [0.2, 0.25) is 0 Å². The largest absolute Gasteiger partial charge is 0.322 e. The fourth-order valence-electron chi connectivity index (χ4n) is 3.26. The molecule has 0 spiro atoms. The predicted octanol–water partition coefficient (Wildman–Crippen LogP) is 3.93. The molecule has 0 unspecified atom stereocenters. The van der Waals surface area contributed by atoms with Gasteiger partial charge in [-0.25, -0.2) is 8.42 Å². The van der Waals surface area contributed by atoms with Gasteiger partial charge in [-0.1, -0.05) is 26.0 Å². The van der Waals surface area contributed by atoms with Crippen molar-refractivity contribution < 1.29 is 18.0 Å². The van der Waals surface area contributed by atoms with E-state index in [1.807, 2.05) is 0 Å². The van der Waals surface area contributed by atoms with Crippen molar-refractivity contribution in [1.29, 1.82) is 0 Å². The maximum atomic E-state index is 12.9. The molecule has 2 amide bonds. The number of aryl methyl sites for hydroxylation is 1. The Kier molecular flexibility index (Phi) is 7.57. The van der Waals surface area contributed by atoms with Crippen LogP contribution in [0.15, 0.2) is 71.8 Å². The summed E-state index contributed by atoms with van der Waals surface area (Å²) in [5.74, 6) is -0.748. The van der Waals surface area contributed by atoms with Gasteiger partial charge in [0.15, 0.2) is 0 Å². The third-order valence-corrected chi connectivity index (χ3v) is 7.26. The highest BCUT2D eigenvalue weighted by molar-refractivity contribution is 7.89. The van der Waals surface area contributed by atoms with E-state index >= 15 is 0 Å². The van der Waals surface area contributed by atoms with Crippen LogP contribution >= 0.6 is 0 Å². The summed E-state index contributed by atoms with van der Waals surface area (Å²) in [6, 6.07) is 16.2. The normalized spacial score (nSPS) is 11.3. The highest BCUT2D eigenvalue weighted by Gasteiger charge is 2.24. The van der Waals surface area contributed by atoms with E-state index in [-0.39, 0.29) is 16.5 Å². The molecule has 0 aliphatic heterocycles. The van der Waals surface area contributed by atoms with E-state index in [1.54, 1.807) is 75.4 Å². The van der Waals surface area contributed by atoms with E-state index < -0.39 is 15.9 Å². The van der Waals surface area contributed by atoms with Crippen LogP contribution in [0.4, 0.5) is 11.4 Å². The number of aromatic nitrogens is 1. The SMILES string of the molecule is CCN(CC)S(=O)(=O)c1cc(NC(=O)c2ccc(NC(=O)c3ccccn3)cc2)ccc1C. The lowest BCUT2D eigenvalue weighted by molar-refractivity contribution is 0.101. The van der Waals surface area contributed by atoms with E-state index in [4.69, 9.17) is 0 Å². The number of amides is 2. The molecule has 1 heterocycles. The maximum absolute atomic E-state index is 12.9. The Hall–Kier alpha value is -3.56. The lowest BCUT2D eigenvalue weighted by Crippen LogP contribution is -2.31. The van der Waals surface area contributed by atoms with E-state index in [0.29, 0.717) is 35.6 Å². The van der Waals surface area contributed by atoms with Crippen molar-refractivity contribution in [2.45, 2.75) is 25.7 Å². The number of pyridine rings is 1. The molecule has 1 aromatic heterocycles. The van der Waals surface area contributed by atoms with Gasteiger partial charge in [0.2, 0.25) is 10.0 Å². The van der Waals surface area contributed by atoms with Crippen LogP contribution in [-0.4, -0.2) is 42.6 Å². The zero-order valence-corrected chi connectivity index (χ0v) is 19.5. The van der Waals surface area contributed by atoms with Crippen LogP contribution < -0.4 is 10.6 Å². The molecule has 0 saturated heterocycles. The van der Waals surface area contributed by atoms with Crippen molar-refractivity contribution in [3.8, 4) is 0 Å². The Morgan fingerprint density at radius 1 is 0.879 bits per heavy atom. The number of nitrogens with one attached hydrogen (secondary N) is 2. The van der Waals surface area contributed by atoms with Gasteiger partial charge in [-0.15, -0.1) is 0 Å². The summed E-state index contributed by atoms with van der Waals surface area (Å²) in [5.41, 5.74) is 2.15. The summed E-state index contributed by atoms with van der Waals surface area (Å²) in [5, 5.41) is 5.46. The lowest BCUT2D eigenvalue weighted by Gasteiger charge is -2.20. The summed E-state index contributed by atoms with van der Waals surface area (Å²) in [6.45, 7) is 6.01. The molecule has 2 aromatic carbocycles. The van der Waals surface area contributed by atoms with Crippen molar-refractivity contribution in [2.24, 2.45) is 0 Å². The number of hydrogen-bond donors (Lipinski definition) is 2. The van der Waals surface area contributed by atoms with E-state index in [1.165, 1.54) is 16.6 Å². The molecule has 33 heavy (non-hydrogen) atoms. The smallest absolute Gasteiger partial charge is 0.274 e. The van der Waals surface area contributed by atoms with Gasteiger partial charge in [0.05, 0.1) is 4.90 Å². The lowest BCUT2D eigenvalue weighted by atomic mass is 10.1. The molecule has 0 bridgehead atoms. The molecule has 0 fully saturated rings. The minimum Gasteiger partial charge on any atom is -0.322 e. The first-order valence-corrected chi connectivity index (χ1v) is 11.9. The molecule has 2 N–H and O–H groups in total. The molecule has 0 saturated carbocycles. The summed E-state index contributed by atoms with van der Waals surface area (Å²) >= 11 is 0. The molecule has 0 aliphatic carbocycles. The zero-order valence-electron chi connectivity index (χ0n) is 18.7. The minimum absolute atomic E-state index is 0.164. The van der Waals surface area contributed by atoms with Crippen LogP contribution in [0.3, 0.4) is 0 Å². The second kappa shape index (κ2) is 10.4. The fourth-order valence-corrected chi connectivity index (χ4v) is 4.97. The number of sulfonamides is 1. The van der Waals surface area contributed by atoms with Gasteiger partial charge in [-0.05, 0) is 61.0 Å². The molecule has 8 nitrogen and oxygen atoms in total. The van der Waals surface area contributed by atoms with Crippen LogP contribution in [0, 0.1) is 6.92 Å². The van der Waals surface area contributed by atoms with E-state index in [2.05, 4.69) is 15.6 Å². The second-order valence-corrected chi connectivity index (χ2v) is 9.18. The monoisotopic (exact) mass is 466 g/mol. The summed E-state index contributed by atoms with van der Waals surface area (Å²) < 4.78 is 27.2. The van der Waals surface area contributed by atoms with Crippen LogP contribution in [0.25, 0.3) is 0 Å². The average Bonchev–Trinajstić information content (AvgIpc) is 2.81. The molecule has 0 radical (unpaired) electrons. The Balaban J connectivity index is 1.73. The van der Waals surface area contributed by atoms with Gasteiger partial charge in [-0.3, -0.25) is 14.6 Å². The van der Waals surface area contributed by atoms with Crippen LogP contribution in [0.1, 0.15) is 40.3 Å². The highest BCUT2D eigenvalue weighted by atomic mass is 32.2. The minimum atomic E-state index is -3.66. The quantitative estimate of drug-likeness (QED) is 0.523.